The Morgan fingerprint density at radius 2 is 2.00 bits per heavy atom. The zero-order valence-electron chi connectivity index (χ0n) is 15.2. The van der Waals surface area contributed by atoms with Crippen molar-refractivity contribution in [1.29, 1.82) is 0 Å². The van der Waals surface area contributed by atoms with Gasteiger partial charge in [0.15, 0.2) is 5.58 Å². The predicted octanol–water partition coefficient (Wildman–Crippen LogP) is 2.86. The Hall–Kier alpha value is -2.28. The number of hydrogen-bond donors (Lipinski definition) is 0. The van der Waals surface area contributed by atoms with Crippen molar-refractivity contribution in [3.63, 3.8) is 0 Å². The van der Waals surface area contributed by atoms with Crippen molar-refractivity contribution in [1.82, 2.24) is 9.88 Å². The first kappa shape index (κ1) is 18.1. The minimum Gasteiger partial charge on any atom is -0.467 e. The molecule has 0 N–H and O–H groups in total. The molecule has 2 fully saturated rings. The first-order chi connectivity index (χ1) is 13.1. The van der Waals surface area contributed by atoms with Crippen molar-refractivity contribution in [2.45, 2.75) is 31.7 Å². The van der Waals surface area contributed by atoms with E-state index < -0.39 is 6.04 Å². The Labute approximate surface area is 162 Å². The van der Waals surface area contributed by atoms with Gasteiger partial charge in [0.2, 0.25) is 5.91 Å². The van der Waals surface area contributed by atoms with E-state index in [0.29, 0.717) is 55.5 Å². The molecular weight excluding hydrogens is 370 g/mol. The molecule has 2 aliphatic heterocycles. The molecule has 27 heavy (non-hydrogen) atoms. The van der Waals surface area contributed by atoms with E-state index in [1.165, 1.54) is 7.11 Å². The van der Waals surface area contributed by atoms with Crippen LogP contribution >= 0.6 is 11.6 Å². The fraction of sp³-hybridized carbons (Fsp3) is 0.526. The summed E-state index contributed by atoms with van der Waals surface area (Å²) in [6.45, 7) is 2.01. The second kappa shape index (κ2) is 7.38. The highest BCUT2D eigenvalue weighted by molar-refractivity contribution is 6.31. The molecule has 0 saturated carbocycles. The standard InChI is InChI=1S/C19H22ClN3O4/c1-26-18(25)15-3-2-8-23(15)17(24)12-6-9-22(10-7-12)19-21-14-5-4-13(20)11-16(14)27-19/h4-5,11-12,15H,2-3,6-10H2,1H3/t15-/m0/s1. The minimum absolute atomic E-state index is 0.0619. The number of halogens is 1. The minimum atomic E-state index is -0.428. The van der Waals surface area contributed by atoms with Gasteiger partial charge in [-0.15, -0.1) is 0 Å². The predicted molar refractivity (Wildman–Crippen MR) is 101 cm³/mol. The number of likely N-dealkylation sites (tertiary alicyclic amines) is 1. The third-order valence-electron chi connectivity index (χ3n) is 5.46. The number of amides is 1. The average Bonchev–Trinajstić information content (AvgIpc) is 3.33. The number of anilines is 1. The lowest BCUT2D eigenvalue weighted by atomic mass is 9.95. The van der Waals surface area contributed by atoms with Gasteiger partial charge in [-0.05, 0) is 37.8 Å². The van der Waals surface area contributed by atoms with Crippen LogP contribution in [0.5, 0.6) is 0 Å². The third kappa shape index (κ3) is 3.48. The van der Waals surface area contributed by atoms with Crippen molar-refractivity contribution < 1.29 is 18.7 Å². The van der Waals surface area contributed by atoms with Gasteiger partial charge >= 0.3 is 5.97 Å². The number of esters is 1. The number of rotatable bonds is 3. The number of aromatic nitrogens is 1. The molecule has 1 aromatic carbocycles. The number of methoxy groups -OCH3 is 1. The number of benzene rings is 1. The molecule has 2 aliphatic rings. The SMILES string of the molecule is COC(=O)[C@@H]1CCCN1C(=O)C1CCN(c2nc3ccc(Cl)cc3o2)CC1. The van der Waals surface area contributed by atoms with E-state index in [4.69, 9.17) is 20.8 Å². The third-order valence-corrected chi connectivity index (χ3v) is 5.70. The fourth-order valence-corrected chi connectivity index (χ4v) is 4.15. The molecular formula is C19H22ClN3O4. The maximum Gasteiger partial charge on any atom is 0.328 e. The lowest BCUT2D eigenvalue weighted by Crippen LogP contribution is -2.47. The highest BCUT2D eigenvalue weighted by Gasteiger charge is 2.38. The lowest BCUT2D eigenvalue weighted by Gasteiger charge is -2.33. The Balaban J connectivity index is 1.40. The first-order valence-corrected chi connectivity index (χ1v) is 9.64. The van der Waals surface area contributed by atoms with Crippen LogP contribution in [0.1, 0.15) is 25.7 Å². The van der Waals surface area contributed by atoms with Crippen molar-refractivity contribution in [3.8, 4) is 0 Å². The summed E-state index contributed by atoms with van der Waals surface area (Å²) in [4.78, 5) is 33.1. The van der Waals surface area contributed by atoms with Gasteiger partial charge in [-0.3, -0.25) is 4.79 Å². The summed E-state index contributed by atoms with van der Waals surface area (Å²) in [6, 6.07) is 5.51. The highest BCUT2D eigenvalue weighted by Crippen LogP contribution is 2.30. The van der Waals surface area contributed by atoms with Gasteiger partial charge in [0.05, 0.1) is 7.11 Å². The molecule has 144 valence electrons. The highest BCUT2D eigenvalue weighted by atomic mass is 35.5. The number of nitrogens with zero attached hydrogens (tertiary/aromatic N) is 3. The second-order valence-electron chi connectivity index (χ2n) is 7.08. The van der Waals surface area contributed by atoms with Crippen molar-refractivity contribution >= 4 is 40.6 Å². The topological polar surface area (TPSA) is 75.9 Å². The zero-order chi connectivity index (χ0) is 19.0. The van der Waals surface area contributed by atoms with Gasteiger partial charge in [0.1, 0.15) is 11.6 Å². The molecule has 3 heterocycles. The van der Waals surface area contributed by atoms with Crippen LogP contribution in [0.25, 0.3) is 11.1 Å². The van der Waals surface area contributed by atoms with Crippen LogP contribution in [0, 0.1) is 5.92 Å². The van der Waals surface area contributed by atoms with E-state index in [1.807, 2.05) is 6.07 Å². The Morgan fingerprint density at radius 3 is 2.74 bits per heavy atom. The fourth-order valence-electron chi connectivity index (χ4n) is 3.99. The van der Waals surface area contributed by atoms with E-state index in [1.54, 1.807) is 17.0 Å². The molecule has 1 amide bonds. The number of hydrogen-bond acceptors (Lipinski definition) is 6. The molecule has 0 unspecified atom stereocenters. The molecule has 1 atom stereocenters. The van der Waals surface area contributed by atoms with Gasteiger partial charge in [0, 0.05) is 36.6 Å². The van der Waals surface area contributed by atoms with Crippen LogP contribution in [0.3, 0.4) is 0 Å². The van der Waals surface area contributed by atoms with Crippen LogP contribution in [-0.4, -0.2) is 54.5 Å². The van der Waals surface area contributed by atoms with E-state index in [2.05, 4.69) is 9.88 Å². The van der Waals surface area contributed by atoms with E-state index >= 15 is 0 Å². The number of ether oxygens (including phenoxy) is 1. The summed E-state index contributed by atoms with van der Waals surface area (Å²) in [5.74, 6) is -0.333. The van der Waals surface area contributed by atoms with Gasteiger partial charge in [0.25, 0.3) is 6.01 Å². The number of carbonyl (C=O) groups excluding carboxylic acids is 2. The zero-order valence-corrected chi connectivity index (χ0v) is 15.9. The molecule has 0 bridgehead atoms. The average molecular weight is 392 g/mol. The van der Waals surface area contributed by atoms with E-state index in [0.717, 1.165) is 11.9 Å². The summed E-state index contributed by atoms with van der Waals surface area (Å²) in [6.07, 6.45) is 2.95. The second-order valence-corrected chi connectivity index (χ2v) is 7.52. The number of piperidine rings is 1. The Bertz CT molecular complexity index is 860. The molecule has 4 rings (SSSR count). The summed E-state index contributed by atoms with van der Waals surface area (Å²) >= 11 is 6.00. The van der Waals surface area contributed by atoms with Gasteiger partial charge in [-0.25, -0.2) is 4.79 Å². The first-order valence-electron chi connectivity index (χ1n) is 9.26. The largest absolute Gasteiger partial charge is 0.467 e. The smallest absolute Gasteiger partial charge is 0.328 e. The van der Waals surface area contributed by atoms with Crippen LogP contribution < -0.4 is 4.90 Å². The van der Waals surface area contributed by atoms with Crippen LogP contribution in [0.15, 0.2) is 22.6 Å². The summed E-state index contributed by atoms with van der Waals surface area (Å²) in [5.41, 5.74) is 1.43. The summed E-state index contributed by atoms with van der Waals surface area (Å²) < 4.78 is 10.7. The molecule has 2 aromatic rings. The van der Waals surface area contributed by atoms with Crippen LogP contribution in [0.4, 0.5) is 6.01 Å². The van der Waals surface area contributed by atoms with E-state index in [9.17, 15) is 9.59 Å². The number of carbonyl (C=O) groups is 2. The number of oxazole rings is 1. The monoisotopic (exact) mass is 391 g/mol. The normalized spacial score (nSPS) is 21.0. The van der Waals surface area contributed by atoms with Crippen molar-refractivity contribution in [3.05, 3.63) is 23.2 Å². The Kier molecular flexibility index (Phi) is 4.95. The van der Waals surface area contributed by atoms with Gasteiger partial charge in [-0.2, -0.15) is 4.98 Å². The number of fused-ring (bicyclic) bond motifs is 1. The molecule has 7 nitrogen and oxygen atoms in total. The molecule has 0 radical (unpaired) electrons. The maximum absolute atomic E-state index is 12.9. The lowest BCUT2D eigenvalue weighted by molar-refractivity contribution is -0.152. The quantitative estimate of drug-likeness (QED) is 0.749. The molecule has 0 spiro atoms. The van der Waals surface area contributed by atoms with Crippen molar-refractivity contribution in [2.24, 2.45) is 5.92 Å². The molecule has 8 heteroatoms. The van der Waals surface area contributed by atoms with E-state index in [-0.39, 0.29) is 17.8 Å². The molecule has 0 aliphatic carbocycles. The maximum atomic E-state index is 12.9. The Morgan fingerprint density at radius 1 is 1.22 bits per heavy atom. The molecule has 2 saturated heterocycles. The van der Waals surface area contributed by atoms with Gasteiger partial charge in [-0.1, -0.05) is 11.6 Å². The van der Waals surface area contributed by atoms with Crippen LogP contribution in [-0.2, 0) is 14.3 Å². The summed E-state index contributed by atoms with van der Waals surface area (Å²) in [5, 5.41) is 0.611. The summed E-state index contributed by atoms with van der Waals surface area (Å²) in [7, 11) is 1.37. The van der Waals surface area contributed by atoms with Crippen molar-refractivity contribution in [2.75, 3.05) is 31.6 Å². The molecule has 1 aromatic heterocycles. The van der Waals surface area contributed by atoms with Gasteiger partial charge < -0.3 is 19.0 Å². The van der Waals surface area contributed by atoms with Crippen LogP contribution in [0.2, 0.25) is 5.02 Å².